The molecular weight excluding hydrogens is 300 g/mol. The van der Waals surface area contributed by atoms with Crippen LogP contribution in [0.25, 0.3) is 0 Å². The summed E-state index contributed by atoms with van der Waals surface area (Å²) < 4.78 is 24.8. The number of hydrogen-bond donors (Lipinski definition) is 1. The molecule has 0 radical (unpaired) electrons. The van der Waals surface area contributed by atoms with Gasteiger partial charge in [0.05, 0.1) is 10.7 Å². The van der Waals surface area contributed by atoms with Gasteiger partial charge in [-0.1, -0.05) is 18.2 Å². The molecule has 0 saturated carbocycles. The van der Waals surface area contributed by atoms with Crippen LogP contribution in [0.3, 0.4) is 0 Å². The van der Waals surface area contributed by atoms with Crippen LogP contribution >= 0.6 is 0 Å². The van der Waals surface area contributed by atoms with Gasteiger partial charge >= 0.3 is 5.97 Å². The maximum Gasteiger partial charge on any atom is 0.321 e. The van der Waals surface area contributed by atoms with Crippen molar-refractivity contribution in [2.75, 3.05) is 12.8 Å². The van der Waals surface area contributed by atoms with Crippen LogP contribution in [-0.2, 0) is 21.2 Å². The van der Waals surface area contributed by atoms with E-state index in [4.69, 9.17) is 5.11 Å². The number of carbonyl (C=O) groups is 1. The molecule has 0 bridgehead atoms. The summed E-state index contributed by atoms with van der Waals surface area (Å²) in [5, 5.41) is 19.7. The molecule has 0 aliphatic carbocycles. The van der Waals surface area contributed by atoms with Gasteiger partial charge in [0.15, 0.2) is 0 Å². The molecule has 21 heavy (non-hydrogen) atoms. The Labute approximate surface area is 122 Å². The predicted molar refractivity (Wildman–Crippen MR) is 75.4 cm³/mol. The highest BCUT2D eigenvalue weighted by Crippen LogP contribution is 2.19. The molecule has 0 heterocycles. The van der Waals surface area contributed by atoms with Crippen molar-refractivity contribution >= 4 is 21.7 Å². The first-order valence-electron chi connectivity index (χ1n) is 6.07. The van der Waals surface area contributed by atoms with Gasteiger partial charge < -0.3 is 5.11 Å². The number of rotatable bonds is 7. The molecule has 0 saturated heterocycles. The van der Waals surface area contributed by atoms with Gasteiger partial charge in [-0.25, -0.2) is 8.42 Å². The lowest BCUT2D eigenvalue weighted by atomic mass is 10.1. The Bertz CT molecular complexity index is 643. The van der Waals surface area contributed by atoms with Gasteiger partial charge in [-0.3, -0.25) is 14.9 Å². The van der Waals surface area contributed by atoms with Crippen molar-refractivity contribution in [3.05, 3.63) is 39.9 Å². The second-order valence-electron chi connectivity index (χ2n) is 4.48. The van der Waals surface area contributed by atoms with E-state index in [1.165, 1.54) is 32.2 Å². The fourth-order valence-corrected chi connectivity index (χ4v) is 3.02. The van der Waals surface area contributed by atoms with Crippen molar-refractivity contribution in [2.45, 2.75) is 19.4 Å². The molecule has 8 nitrogen and oxygen atoms in total. The van der Waals surface area contributed by atoms with Gasteiger partial charge in [-0.2, -0.15) is 4.31 Å². The van der Waals surface area contributed by atoms with Crippen molar-refractivity contribution in [3.8, 4) is 0 Å². The summed E-state index contributed by atoms with van der Waals surface area (Å²) >= 11 is 0. The van der Waals surface area contributed by atoms with Gasteiger partial charge in [0.2, 0.25) is 10.0 Å². The fourth-order valence-electron chi connectivity index (χ4n) is 1.68. The van der Waals surface area contributed by atoms with E-state index in [-0.39, 0.29) is 12.1 Å². The van der Waals surface area contributed by atoms with E-state index >= 15 is 0 Å². The number of carboxylic acid groups (broad SMARTS) is 1. The highest BCUT2D eigenvalue weighted by atomic mass is 32.2. The maximum absolute atomic E-state index is 12.0. The number of nitro benzene ring substituents is 1. The number of para-hydroxylation sites is 1. The van der Waals surface area contributed by atoms with Gasteiger partial charge in [0.1, 0.15) is 6.04 Å². The van der Waals surface area contributed by atoms with E-state index in [1.54, 1.807) is 6.07 Å². The third-order valence-electron chi connectivity index (χ3n) is 3.16. The largest absolute Gasteiger partial charge is 0.480 e. The van der Waals surface area contributed by atoms with Gasteiger partial charge in [-0.05, 0) is 13.3 Å². The lowest BCUT2D eigenvalue weighted by molar-refractivity contribution is -0.385. The molecule has 1 aromatic rings. The molecule has 1 N–H and O–H groups in total. The molecule has 0 aromatic heterocycles. The monoisotopic (exact) mass is 316 g/mol. The summed E-state index contributed by atoms with van der Waals surface area (Å²) in [7, 11) is -2.64. The highest BCUT2D eigenvalue weighted by Gasteiger charge is 2.28. The lowest BCUT2D eigenvalue weighted by Crippen LogP contribution is -2.41. The average Bonchev–Trinajstić information content (AvgIpc) is 2.43. The van der Waals surface area contributed by atoms with Crippen LogP contribution in [-0.4, -0.2) is 47.6 Å². The highest BCUT2D eigenvalue weighted by molar-refractivity contribution is 7.89. The average molecular weight is 316 g/mol. The van der Waals surface area contributed by atoms with E-state index in [0.29, 0.717) is 5.56 Å². The molecule has 116 valence electrons. The topological polar surface area (TPSA) is 118 Å². The number of carboxylic acids is 1. The van der Waals surface area contributed by atoms with Crippen LogP contribution in [0, 0.1) is 10.1 Å². The molecule has 1 atom stereocenters. The third kappa shape index (κ3) is 4.23. The first-order valence-corrected chi connectivity index (χ1v) is 7.68. The number of nitro groups is 1. The summed E-state index contributed by atoms with van der Waals surface area (Å²) in [6.45, 7) is 1.25. The first-order chi connectivity index (χ1) is 9.66. The Balaban J connectivity index is 2.88. The minimum absolute atomic E-state index is 0.0594. The summed E-state index contributed by atoms with van der Waals surface area (Å²) in [4.78, 5) is 21.1. The summed E-state index contributed by atoms with van der Waals surface area (Å²) in [5.74, 6) is -1.65. The summed E-state index contributed by atoms with van der Waals surface area (Å²) in [5.41, 5.74) is 0.143. The van der Waals surface area contributed by atoms with Gasteiger partial charge in [0.25, 0.3) is 5.69 Å². The molecule has 0 fully saturated rings. The van der Waals surface area contributed by atoms with Crippen molar-refractivity contribution in [2.24, 2.45) is 0 Å². The molecule has 0 amide bonds. The van der Waals surface area contributed by atoms with Crippen LogP contribution < -0.4 is 0 Å². The molecular formula is C12H16N2O6S. The molecule has 9 heteroatoms. The normalized spacial score (nSPS) is 13.1. The number of nitrogens with zero attached hydrogens (tertiary/aromatic N) is 2. The smallest absolute Gasteiger partial charge is 0.321 e. The Morgan fingerprint density at radius 2 is 2.00 bits per heavy atom. The number of aryl methyl sites for hydroxylation is 1. The number of hydrogen-bond acceptors (Lipinski definition) is 5. The molecule has 1 unspecified atom stereocenters. The minimum atomic E-state index is -3.82. The fraction of sp³-hybridized carbons (Fsp3) is 0.417. The van der Waals surface area contributed by atoms with Crippen molar-refractivity contribution in [3.63, 3.8) is 0 Å². The summed E-state index contributed by atoms with van der Waals surface area (Å²) in [6, 6.07) is 4.66. The predicted octanol–water partition coefficient (Wildman–Crippen LogP) is 0.872. The lowest BCUT2D eigenvalue weighted by Gasteiger charge is -2.20. The van der Waals surface area contributed by atoms with Crippen LogP contribution in [0.4, 0.5) is 5.69 Å². The van der Waals surface area contributed by atoms with E-state index in [1.807, 2.05) is 0 Å². The third-order valence-corrected chi connectivity index (χ3v) is 5.07. The number of likely N-dealkylation sites (N-methyl/N-ethyl adjacent to an activating group) is 1. The van der Waals surface area contributed by atoms with Crippen molar-refractivity contribution in [1.82, 2.24) is 4.31 Å². The number of sulfonamides is 1. The zero-order valence-electron chi connectivity index (χ0n) is 11.6. The second-order valence-corrected chi connectivity index (χ2v) is 6.63. The van der Waals surface area contributed by atoms with Crippen molar-refractivity contribution in [1.29, 1.82) is 0 Å². The summed E-state index contributed by atoms with van der Waals surface area (Å²) in [6.07, 6.45) is -0.0594. The Kier molecular flexibility index (Phi) is 5.39. The minimum Gasteiger partial charge on any atom is -0.480 e. The molecule has 0 aliphatic heterocycles. The van der Waals surface area contributed by atoms with E-state index in [2.05, 4.69) is 0 Å². The van der Waals surface area contributed by atoms with Gasteiger partial charge in [0, 0.05) is 18.7 Å². The SMILES string of the molecule is CC(C(=O)O)N(C)S(=O)(=O)CCc1ccccc1[N+](=O)[O-]. The van der Waals surface area contributed by atoms with E-state index < -0.39 is 32.7 Å². The standard InChI is InChI=1S/C12H16N2O6S/c1-9(12(15)16)13(2)21(19,20)8-7-10-5-3-4-6-11(10)14(17)18/h3-6,9H,7-8H2,1-2H3,(H,15,16). The van der Waals surface area contributed by atoms with E-state index in [9.17, 15) is 23.3 Å². The Morgan fingerprint density at radius 3 is 2.52 bits per heavy atom. The second kappa shape index (κ2) is 6.64. The number of aliphatic carboxylic acids is 1. The number of benzene rings is 1. The Hall–Kier alpha value is -2.00. The first kappa shape index (κ1) is 17.1. The molecule has 1 rings (SSSR count). The van der Waals surface area contributed by atoms with Crippen molar-refractivity contribution < 1.29 is 23.2 Å². The zero-order valence-corrected chi connectivity index (χ0v) is 12.4. The molecule has 0 spiro atoms. The quantitative estimate of drug-likeness (QED) is 0.589. The van der Waals surface area contributed by atoms with E-state index in [0.717, 1.165) is 4.31 Å². The van der Waals surface area contributed by atoms with Crippen LogP contribution in [0.5, 0.6) is 0 Å². The Morgan fingerprint density at radius 1 is 1.43 bits per heavy atom. The van der Waals surface area contributed by atoms with Gasteiger partial charge in [-0.15, -0.1) is 0 Å². The van der Waals surface area contributed by atoms with Crippen LogP contribution in [0.1, 0.15) is 12.5 Å². The van der Waals surface area contributed by atoms with Crippen LogP contribution in [0.2, 0.25) is 0 Å². The molecule has 0 aliphatic rings. The molecule has 1 aromatic carbocycles. The zero-order chi connectivity index (χ0) is 16.2. The van der Waals surface area contributed by atoms with Crippen LogP contribution in [0.15, 0.2) is 24.3 Å². The maximum atomic E-state index is 12.0.